The van der Waals surface area contributed by atoms with Crippen LogP contribution in [0.15, 0.2) is 15.8 Å². The molecular formula is C9H15N5S. The maximum absolute atomic E-state index is 7.52. The summed E-state index contributed by atoms with van der Waals surface area (Å²) in [6.07, 6.45) is 0. The molecule has 0 aliphatic carbocycles. The van der Waals surface area contributed by atoms with E-state index >= 15 is 0 Å². The van der Waals surface area contributed by atoms with Gasteiger partial charge in [0.25, 0.3) is 0 Å². The van der Waals surface area contributed by atoms with E-state index in [-0.39, 0.29) is 11.9 Å². The van der Waals surface area contributed by atoms with Gasteiger partial charge < -0.3 is 11.1 Å². The molecular weight excluding hydrogens is 210 g/mol. The Balaban J connectivity index is 2.38. The van der Waals surface area contributed by atoms with E-state index in [2.05, 4.69) is 26.4 Å². The van der Waals surface area contributed by atoms with Gasteiger partial charge in [0, 0.05) is 13.6 Å². The van der Waals surface area contributed by atoms with E-state index in [1.165, 1.54) is 11.1 Å². The number of rotatable bonds is 2. The SMILES string of the molecule is C/N=C(\N)NC(=N)NCc1cscc1C. The number of hydrogen-bond acceptors (Lipinski definition) is 3. The summed E-state index contributed by atoms with van der Waals surface area (Å²) in [5, 5.41) is 17.2. The van der Waals surface area contributed by atoms with Crippen molar-refractivity contribution in [3.63, 3.8) is 0 Å². The van der Waals surface area contributed by atoms with Crippen molar-refractivity contribution < 1.29 is 0 Å². The first kappa shape index (κ1) is 11.5. The van der Waals surface area contributed by atoms with Crippen molar-refractivity contribution in [2.75, 3.05) is 7.05 Å². The molecule has 0 spiro atoms. The third-order valence-corrected chi connectivity index (χ3v) is 2.82. The summed E-state index contributed by atoms with van der Waals surface area (Å²) < 4.78 is 0. The molecule has 82 valence electrons. The first-order valence-corrected chi connectivity index (χ1v) is 5.41. The number of thiophene rings is 1. The molecule has 0 amide bonds. The molecule has 1 rings (SSSR count). The van der Waals surface area contributed by atoms with Crippen LogP contribution in [0.5, 0.6) is 0 Å². The molecule has 6 heteroatoms. The number of nitrogens with zero attached hydrogens (tertiary/aromatic N) is 1. The summed E-state index contributed by atoms with van der Waals surface area (Å²) >= 11 is 1.66. The highest BCUT2D eigenvalue weighted by Crippen LogP contribution is 2.12. The van der Waals surface area contributed by atoms with Gasteiger partial charge in [-0.2, -0.15) is 11.3 Å². The average Bonchev–Trinajstić information content (AvgIpc) is 2.61. The van der Waals surface area contributed by atoms with Crippen LogP contribution in [0.4, 0.5) is 0 Å². The Morgan fingerprint density at radius 2 is 2.33 bits per heavy atom. The Bertz CT molecular complexity index is 368. The summed E-state index contributed by atoms with van der Waals surface area (Å²) in [7, 11) is 1.57. The maximum Gasteiger partial charge on any atom is 0.195 e. The smallest absolute Gasteiger partial charge is 0.195 e. The molecule has 0 saturated carbocycles. The van der Waals surface area contributed by atoms with E-state index in [1.54, 1.807) is 18.4 Å². The Morgan fingerprint density at radius 3 is 2.87 bits per heavy atom. The van der Waals surface area contributed by atoms with Crippen molar-refractivity contribution in [3.05, 3.63) is 21.9 Å². The van der Waals surface area contributed by atoms with Crippen LogP contribution in [0.2, 0.25) is 0 Å². The molecule has 1 aromatic rings. The van der Waals surface area contributed by atoms with Gasteiger partial charge in [-0.25, -0.2) is 0 Å². The average molecular weight is 225 g/mol. The Labute approximate surface area is 92.9 Å². The summed E-state index contributed by atoms with van der Waals surface area (Å²) in [4.78, 5) is 3.70. The van der Waals surface area contributed by atoms with Crippen molar-refractivity contribution in [2.24, 2.45) is 10.7 Å². The van der Waals surface area contributed by atoms with Crippen molar-refractivity contribution in [2.45, 2.75) is 13.5 Å². The predicted molar refractivity (Wildman–Crippen MR) is 64.3 cm³/mol. The molecule has 5 N–H and O–H groups in total. The number of aryl methyl sites for hydroxylation is 1. The molecule has 1 heterocycles. The first-order chi connectivity index (χ1) is 7.13. The van der Waals surface area contributed by atoms with Gasteiger partial charge in [-0.05, 0) is 28.8 Å². The number of nitrogens with two attached hydrogens (primary N) is 1. The van der Waals surface area contributed by atoms with Crippen LogP contribution < -0.4 is 16.4 Å². The van der Waals surface area contributed by atoms with Crippen molar-refractivity contribution in [3.8, 4) is 0 Å². The minimum absolute atomic E-state index is 0.156. The zero-order valence-electron chi connectivity index (χ0n) is 8.79. The molecule has 0 aliphatic heterocycles. The molecule has 0 bridgehead atoms. The normalized spacial score (nSPS) is 11.2. The highest BCUT2D eigenvalue weighted by molar-refractivity contribution is 7.08. The summed E-state index contributed by atoms with van der Waals surface area (Å²) in [6.45, 7) is 2.67. The number of guanidine groups is 2. The molecule has 0 aromatic carbocycles. The van der Waals surface area contributed by atoms with Crippen LogP contribution >= 0.6 is 11.3 Å². The fraction of sp³-hybridized carbons (Fsp3) is 0.333. The van der Waals surface area contributed by atoms with Crippen molar-refractivity contribution in [1.82, 2.24) is 10.6 Å². The van der Waals surface area contributed by atoms with E-state index in [1.807, 2.05) is 6.92 Å². The molecule has 0 unspecified atom stereocenters. The van der Waals surface area contributed by atoms with Crippen molar-refractivity contribution >= 4 is 23.3 Å². The fourth-order valence-electron chi connectivity index (χ4n) is 0.980. The standard InChI is InChI=1S/C9H15N5S/c1-6-4-15-5-7(6)3-13-9(11)14-8(10)12-2/h4-5H,3H2,1-2H3,(H5,10,11,12,13,14). The monoisotopic (exact) mass is 225 g/mol. The van der Waals surface area contributed by atoms with Crippen LogP contribution in [0, 0.1) is 12.3 Å². The summed E-state index contributed by atoms with van der Waals surface area (Å²) in [5.41, 5.74) is 7.84. The third-order valence-electron chi connectivity index (χ3n) is 1.91. The lowest BCUT2D eigenvalue weighted by molar-refractivity contribution is 0.875. The molecule has 1 aromatic heterocycles. The second-order valence-electron chi connectivity index (χ2n) is 3.04. The minimum atomic E-state index is 0.156. The van der Waals surface area contributed by atoms with Gasteiger partial charge >= 0.3 is 0 Å². The highest BCUT2D eigenvalue weighted by atomic mass is 32.1. The highest BCUT2D eigenvalue weighted by Gasteiger charge is 2.01. The van der Waals surface area contributed by atoms with E-state index in [0.717, 1.165) is 0 Å². The second kappa shape index (κ2) is 5.35. The molecule has 15 heavy (non-hydrogen) atoms. The molecule has 0 aliphatic rings. The molecule has 0 atom stereocenters. The van der Waals surface area contributed by atoms with E-state index in [4.69, 9.17) is 11.1 Å². The zero-order chi connectivity index (χ0) is 11.3. The predicted octanol–water partition coefficient (Wildman–Crippen LogP) is 0.615. The van der Waals surface area contributed by atoms with E-state index in [9.17, 15) is 0 Å². The van der Waals surface area contributed by atoms with Crippen LogP contribution in [-0.2, 0) is 6.54 Å². The second-order valence-corrected chi connectivity index (χ2v) is 3.79. The Kier molecular flexibility index (Phi) is 4.11. The van der Waals surface area contributed by atoms with Gasteiger partial charge in [0.15, 0.2) is 11.9 Å². The lowest BCUT2D eigenvalue weighted by Gasteiger charge is -2.08. The van der Waals surface area contributed by atoms with Gasteiger partial charge in [0.05, 0.1) is 0 Å². The van der Waals surface area contributed by atoms with E-state index in [0.29, 0.717) is 6.54 Å². The topological polar surface area (TPSA) is 86.3 Å². The fourth-order valence-corrected chi connectivity index (χ4v) is 1.84. The van der Waals surface area contributed by atoms with Gasteiger partial charge in [-0.1, -0.05) is 0 Å². The van der Waals surface area contributed by atoms with Crippen LogP contribution in [0.3, 0.4) is 0 Å². The molecule has 0 fully saturated rings. The molecule has 0 radical (unpaired) electrons. The van der Waals surface area contributed by atoms with Crippen molar-refractivity contribution in [1.29, 1.82) is 5.41 Å². The number of nitrogens with one attached hydrogen (secondary N) is 3. The first-order valence-electron chi connectivity index (χ1n) is 4.47. The minimum Gasteiger partial charge on any atom is -0.370 e. The third kappa shape index (κ3) is 3.59. The van der Waals surface area contributed by atoms with Crippen LogP contribution in [-0.4, -0.2) is 19.0 Å². The molecule has 0 saturated heterocycles. The lowest BCUT2D eigenvalue weighted by atomic mass is 10.2. The maximum atomic E-state index is 7.52. The lowest BCUT2D eigenvalue weighted by Crippen LogP contribution is -2.43. The van der Waals surface area contributed by atoms with Crippen LogP contribution in [0.1, 0.15) is 11.1 Å². The zero-order valence-corrected chi connectivity index (χ0v) is 9.61. The van der Waals surface area contributed by atoms with Crippen LogP contribution in [0.25, 0.3) is 0 Å². The summed E-state index contributed by atoms with van der Waals surface area (Å²) in [6, 6.07) is 0. The van der Waals surface area contributed by atoms with Gasteiger partial charge in [0.1, 0.15) is 0 Å². The molecule has 5 nitrogen and oxygen atoms in total. The van der Waals surface area contributed by atoms with E-state index < -0.39 is 0 Å². The van der Waals surface area contributed by atoms with Gasteiger partial charge in [-0.3, -0.25) is 15.7 Å². The summed E-state index contributed by atoms with van der Waals surface area (Å²) in [5.74, 6) is 0.387. The quantitative estimate of drug-likeness (QED) is 0.439. The van der Waals surface area contributed by atoms with Gasteiger partial charge in [0.2, 0.25) is 0 Å². The Morgan fingerprint density at radius 1 is 1.60 bits per heavy atom. The largest absolute Gasteiger partial charge is 0.370 e. The number of aliphatic imine (C=N–C) groups is 1. The number of hydrogen-bond donors (Lipinski definition) is 4. The van der Waals surface area contributed by atoms with Gasteiger partial charge in [-0.15, -0.1) is 0 Å². The Hall–Kier alpha value is -1.56.